The van der Waals surface area contributed by atoms with E-state index in [0.29, 0.717) is 0 Å². The molecular formula is C15H29N3. The Morgan fingerprint density at radius 2 is 1.61 bits per heavy atom. The summed E-state index contributed by atoms with van der Waals surface area (Å²) in [7, 11) is 0. The number of nitrogens with one attached hydrogen (secondary N) is 1. The second-order valence-electron chi connectivity index (χ2n) is 6.39. The Bertz CT molecular complexity index is 242. The minimum absolute atomic E-state index is 0.822. The van der Waals surface area contributed by atoms with Gasteiger partial charge in [0.05, 0.1) is 0 Å². The molecule has 3 heterocycles. The Labute approximate surface area is 112 Å². The number of hydrogen-bond donors (Lipinski definition) is 1. The van der Waals surface area contributed by atoms with Gasteiger partial charge in [-0.2, -0.15) is 0 Å². The van der Waals surface area contributed by atoms with Crippen LogP contribution in [0.4, 0.5) is 0 Å². The van der Waals surface area contributed by atoms with Crippen LogP contribution in [0.5, 0.6) is 0 Å². The van der Waals surface area contributed by atoms with E-state index in [1.165, 1.54) is 84.2 Å². The average Bonchev–Trinajstić information content (AvgIpc) is 2.76. The van der Waals surface area contributed by atoms with Gasteiger partial charge in [0.1, 0.15) is 0 Å². The first-order valence-corrected chi connectivity index (χ1v) is 8.12. The molecule has 0 bridgehead atoms. The Morgan fingerprint density at radius 3 is 2.50 bits per heavy atom. The Kier molecular flexibility index (Phi) is 4.55. The lowest BCUT2D eigenvalue weighted by molar-refractivity contribution is 0.150. The zero-order valence-corrected chi connectivity index (χ0v) is 11.7. The number of rotatable bonds is 2. The van der Waals surface area contributed by atoms with Crippen molar-refractivity contribution in [3.05, 3.63) is 0 Å². The molecule has 1 N–H and O–H groups in total. The third-order valence-corrected chi connectivity index (χ3v) is 5.14. The summed E-state index contributed by atoms with van der Waals surface area (Å²) in [5.41, 5.74) is 0. The van der Waals surface area contributed by atoms with E-state index in [1.807, 2.05) is 0 Å². The van der Waals surface area contributed by atoms with Gasteiger partial charge in [0, 0.05) is 31.7 Å². The van der Waals surface area contributed by atoms with Gasteiger partial charge in [0.2, 0.25) is 0 Å². The lowest BCUT2D eigenvalue weighted by atomic mass is 10.1. The lowest BCUT2D eigenvalue weighted by Crippen LogP contribution is -2.44. The van der Waals surface area contributed by atoms with Crippen molar-refractivity contribution in [1.29, 1.82) is 0 Å². The SMILES string of the molecule is C1CCN(C2CCN(C3CCCCNC3)C2)CC1. The van der Waals surface area contributed by atoms with Crippen molar-refractivity contribution in [2.24, 2.45) is 0 Å². The first kappa shape index (κ1) is 12.9. The van der Waals surface area contributed by atoms with Crippen LogP contribution in [-0.4, -0.2) is 61.2 Å². The number of nitrogens with zero attached hydrogens (tertiary/aromatic N) is 2. The summed E-state index contributed by atoms with van der Waals surface area (Å²) in [6.45, 7) is 7.87. The minimum Gasteiger partial charge on any atom is -0.315 e. The van der Waals surface area contributed by atoms with Crippen molar-refractivity contribution in [3.63, 3.8) is 0 Å². The molecule has 3 fully saturated rings. The fourth-order valence-corrected chi connectivity index (χ4v) is 3.99. The highest BCUT2D eigenvalue weighted by molar-refractivity contribution is 4.89. The van der Waals surface area contributed by atoms with Crippen LogP contribution in [0.25, 0.3) is 0 Å². The molecule has 3 heteroatoms. The highest BCUT2D eigenvalue weighted by Crippen LogP contribution is 2.23. The van der Waals surface area contributed by atoms with Gasteiger partial charge in [0.25, 0.3) is 0 Å². The van der Waals surface area contributed by atoms with E-state index in [2.05, 4.69) is 15.1 Å². The highest BCUT2D eigenvalue weighted by Gasteiger charge is 2.32. The van der Waals surface area contributed by atoms with Crippen LogP contribution < -0.4 is 5.32 Å². The highest BCUT2D eigenvalue weighted by atomic mass is 15.3. The van der Waals surface area contributed by atoms with Crippen LogP contribution in [0, 0.1) is 0 Å². The predicted octanol–water partition coefficient (Wildman–Crippen LogP) is 1.69. The Balaban J connectivity index is 1.50. The molecule has 0 amide bonds. The van der Waals surface area contributed by atoms with E-state index in [4.69, 9.17) is 0 Å². The van der Waals surface area contributed by atoms with Crippen molar-refractivity contribution in [2.75, 3.05) is 39.3 Å². The van der Waals surface area contributed by atoms with E-state index in [-0.39, 0.29) is 0 Å². The van der Waals surface area contributed by atoms with Gasteiger partial charge in [-0.3, -0.25) is 9.80 Å². The maximum absolute atomic E-state index is 3.61. The summed E-state index contributed by atoms with van der Waals surface area (Å²) in [5, 5.41) is 3.61. The standard InChI is InChI=1S/C15H29N3/c1-4-9-17(10-5-1)15-7-11-18(13-15)14-6-2-3-8-16-12-14/h14-16H,1-13H2. The van der Waals surface area contributed by atoms with Crippen molar-refractivity contribution in [2.45, 2.75) is 57.0 Å². The second-order valence-corrected chi connectivity index (χ2v) is 6.39. The molecule has 0 aromatic carbocycles. The van der Waals surface area contributed by atoms with Gasteiger partial charge in [-0.05, 0) is 51.7 Å². The van der Waals surface area contributed by atoms with Gasteiger partial charge in [-0.25, -0.2) is 0 Å². The van der Waals surface area contributed by atoms with Gasteiger partial charge in [-0.1, -0.05) is 12.8 Å². The number of hydrogen-bond acceptors (Lipinski definition) is 3. The molecule has 0 radical (unpaired) electrons. The summed E-state index contributed by atoms with van der Waals surface area (Å²) in [4.78, 5) is 5.55. The maximum atomic E-state index is 3.61. The molecule has 104 valence electrons. The first-order chi connectivity index (χ1) is 8.93. The molecule has 3 nitrogen and oxygen atoms in total. The predicted molar refractivity (Wildman–Crippen MR) is 75.9 cm³/mol. The fourth-order valence-electron chi connectivity index (χ4n) is 3.99. The molecule has 0 aliphatic carbocycles. The van der Waals surface area contributed by atoms with E-state index < -0.39 is 0 Å². The minimum atomic E-state index is 0.822. The van der Waals surface area contributed by atoms with Crippen molar-refractivity contribution in [1.82, 2.24) is 15.1 Å². The summed E-state index contributed by atoms with van der Waals surface area (Å²) in [6.07, 6.45) is 9.95. The smallest absolute Gasteiger partial charge is 0.0235 e. The molecule has 2 atom stereocenters. The molecule has 0 spiro atoms. The molecule has 3 rings (SSSR count). The summed E-state index contributed by atoms with van der Waals surface area (Å²) < 4.78 is 0. The largest absolute Gasteiger partial charge is 0.315 e. The molecule has 0 aromatic heterocycles. The number of piperidine rings is 1. The lowest BCUT2D eigenvalue weighted by Gasteiger charge is -2.33. The molecule has 2 unspecified atom stereocenters. The third kappa shape index (κ3) is 3.06. The van der Waals surface area contributed by atoms with Gasteiger partial charge < -0.3 is 5.32 Å². The second kappa shape index (κ2) is 6.36. The van der Waals surface area contributed by atoms with Crippen molar-refractivity contribution >= 4 is 0 Å². The molecule has 0 aromatic rings. The maximum Gasteiger partial charge on any atom is 0.0235 e. The average molecular weight is 251 g/mol. The van der Waals surface area contributed by atoms with E-state index in [9.17, 15) is 0 Å². The molecular weight excluding hydrogens is 222 g/mol. The first-order valence-electron chi connectivity index (χ1n) is 8.12. The van der Waals surface area contributed by atoms with Gasteiger partial charge >= 0.3 is 0 Å². The molecule has 3 saturated heterocycles. The van der Waals surface area contributed by atoms with E-state index in [1.54, 1.807) is 0 Å². The summed E-state index contributed by atoms with van der Waals surface area (Å²) in [5.74, 6) is 0. The zero-order chi connectivity index (χ0) is 12.2. The molecule has 18 heavy (non-hydrogen) atoms. The monoisotopic (exact) mass is 251 g/mol. The van der Waals surface area contributed by atoms with Crippen LogP contribution in [-0.2, 0) is 0 Å². The van der Waals surface area contributed by atoms with E-state index in [0.717, 1.165) is 12.1 Å². The van der Waals surface area contributed by atoms with Crippen molar-refractivity contribution < 1.29 is 0 Å². The molecule has 3 aliphatic heterocycles. The van der Waals surface area contributed by atoms with E-state index >= 15 is 0 Å². The van der Waals surface area contributed by atoms with Crippen LogP contribution in [0.3, 0.4) is 0 Å². The van der Waals surface area contributed by atoms with Crippen molar-refractivity contribution in [3.8, 4) is 0 Å². The molecule has 3 aliphatic rings. The van der Waals surface area contributed by atoms with Crippen LogP contribution in [0.2, 0.25) is 0 Å². The fraction of sp³-hybridized carbons (Fsp3) is 1.00. The quantitative estimate of drug-likeness (QED) is 0.806. The summed E-state index contributed by atoms with van der Waals surface area (Å²) >= 11 is 0. The van der Waals surface area contributed by atoms with Gasteiger partial charge in [0.15, 0.2) is 0 Å². The third-order valence-electron chi connectivity index (χ3n) is 5.14. The number of likely N-dealkylation sites (tertiary alicyclic amines) is 2. The van der Waals surface area contributed by atoms with Crippen LogP contribution in [0.1, 0.15) is 44.9 Å². The zero-order valence-electron chi connectivity index (χ0n) is 11.7. The van der Waals surface area contributed by atoms with Crippen LogP contribution in [0.15, 0.2) is 0 Å². The van der Waals surface area contributed by atoms with Crippen LogP contribution >= 0.6 is 0 Å². The summed E-state index contributed by atoms with van der Waals surface area (Å²) in [6, 6.07) is 1.69. The Hall–Kier alpha value is -0.120. The molecule has 0 saturated carbocycles. The topological polar surface area (TPSA) is 18.5 Å². The van der Waals surface area contributed by atoms with Gasteiger partial charge in [-0.15, -0.1) is 0 Å². The Morgan fingerprint density at radius 1 is 0.722 bits per heavy atom. The normalized spacial score (nSPS) is 36.7.